The lowest BCUT2D eigenvalue weighted by molar-refractivity contribution is 0.948. The topological polar surface area (TPSA) is 51.8 Å². The third kappa shape index (κ3) is 1.43. The fourth-order valence-corrected chi connectivity index (χ4v) is 1.27. The maximum Gasteiger partial charge on any atom is 0.0919 e. The minimum Gasteiger partial charge on any atom is -0.314 e. The first kappa shape index (κ1) is 8.67. The van der Waals surface area contributed by atoms with Crippen molar-refractivity contribution in [2.24, 2.45) is 5.73 Å². The highest BCUT2D eigenvalue weighted by molar-refractivity contribution is 5.74. The lowest BCUT2D eigenvalue weighted by atomic mass is 10.1. The molecule has 1 aromatic heterocycles. The summed E-state index contributed by atoms with van der Waals surface area (Å²) in [4.78, 5) is 8.32. The molecule has 2 N–H and O–H groups in total. The van der Waals surface area contributed by atoms with Crippen molar-refractivity contribution in [1.82, 2.24) is 9.97 Å². The SMILES string of the molecule is C#CC(N)c1ccc2nccnc2c1. The largest absolute Gasteiger partial charge is 0.314 e. The highest BCUT2D eigenvalue weighted by Gasteiger charge is 2.03. The van der Waals surface area contributed by atoms with Crippen LogP contribution in [0.25, 0.3) is 11.0 Å². The first-order chi connectivity index (χ1) is 6.81. The van der Waals surface area contributed by atoms with E-state index in [0.717, 1.165) is 16.6 Å². The summed E-state index contributed by atoms with van der Waals surface area (Å²) >= 11 is 0. The summed E-state index contributed by atoms with van der Waals surface area (Å²) < 4.78 is 0. The monoisotopic (exact) mass is 183 g/mol. The van der Waals surface area contributed by atoms with E-state index in [1.165, 1.54) is 0 Å². The molecule has 0 aliphatic rings. The van der Waals surface area contributed by atoms with Crippen LogP contribution in [0.4, 0.5) is 0 Å². The normalized spacial score (nSPS) is 12.3. The van der Waals surface area contributed by atoms with E-state index in [0.29, 0.717) is 0 Å². The molecule has 0 saturated heterocycles. The van der Waals surface area contributed by atoms with Crippen molar-refractivity contribution in [1.29, 1.82) is 0 Å². The van der Waals surface area contributed by atoms with Gasteiger partial charge in [-0.05, 0) is 17.7 Å². The fourth-order valence-electron chi connectivity index (χ4n) is 1.27. The molecule has 0 spiro atoms. The molecule has 0 radical (unpaired) electrons. The number of hydrogen-bond acceptors (Lipinski definition) is 3. The van der Waals surface area contributed by atoms with Crippen molar-refractivity contribution in [3.8, 4) is 12.3 Å². The standard InChI is InChI=1S/C11H9N3/c1-2-9(12)8-3-4-10-11(7-8)14-6-5-13-10/h1,3-7,9H,12H2. The number of aromatic nitrogens is 2. The molecule has 0 aliphatic heterocycles. The van der Waals surface area contributed by atoms with Gasteiger partial charge in [-0.3, -0.25) is 9.97 Å². The second-order valence-corrected chi connectivity index (χ2v) is 2.95. The second-order valence-electron chi connectivity index (χ2n) is 2.95. The summed E-state index contributed by atoms with van der Waals surface area (Å²) in [5.41, 5.74) is 8.25. The summed E-state index contributed by atoms with van der Waals surface area (Å²) in [5.74, 6) is 2.48. The van der Waals surface area contributed by atoms with Crippen LogP contribution in [-0.2, 0) is 0 Å². The number of benzene rings is 1. The fraction of sp³-hybridized carbons (Fsp3) is 0.0909. The maximum absolute atomic E-state index is 5.70. The van der Waals surface area contributed by atoms with Gasteiger partial charge >= 0.3 is 0 Å². The van der Waals surface area contributed by atoms with Crippen molar-refractivity contribution in [3.05, 3.63) is 36.2 Å². The molecule has 0 amide bonds. The highest BCUT2D eigenvalue weighted by Crippen LogP contribution is 2.15. The Kier molecular flexibility index (Phi) is 2.13. The van der Waals surface area contributed by atoms with Crippen LogP contribution in [0.3, 0.4) is 0 Å². The Balaban J connectivity index is 2.58. The first-order valence-corrected chi connectivity index (χ1v) is 4.23. The minimum atomic E-state index is -0.374. The van der Waals surface area contributed by atoms with Crippen LogP contribution < -0.4 is 5.73 Å². The van der Waals surface area contributed by atoms with Gasteiger partial charge in [0.2, 0.25) is 0 Å². The lowest BCUT2D eigenvalue weighted by Crippen LogP contribution is -2.06. The van der Waals surface area contributed by atoms with E-state index >= 15 is 0 Å². The lowest BCUT2D eigenvalue weighted by Gasteiger charge is -2.04. The molecular weight excluding hydrogens is 174 g/mol. The van der Waals surface area contributed by atoms with Crippen molar-refractivity contribution < 1.29 is 0 Å². The summed E-state index contributed by atoms with van der Waals surface area (Å²) in [6, 6.07) is 5.24. The molecule has 14 heavy (non-hydrogen) atoms. The summed E-state index contributed by atoms with van der Waals surface area (Å²) in [7, 11) is 0. The van der Waals surface area contributed by atoms with E-state index in [9.17, 15) is 0 Å². The molecule has 1 aromatic carbocycles. The van der Waals surface area contributed by atoms with Crippen molar-refractivity contribution in [2.75, 3.05) is 0 Å². The number of rotatable bonds is 1. The Morgan fingerprint density at radius 3 is 2.64 bits per heavy atom. The third-order valence-electron chi connectivity index (χ3n) is 2.03. The molecule has 2 rings (SSSR count). The van der Waals surface area contributed by atoms with E-state index in [1.54, 1.807) is 12.4 Å². The van der Waals surface area contributed by atoms with Gasteiger partial charge in [0, 0.05) is 12.4 Å². The number of fused-ring (bicyclic) bond motifs is 1. The van der Waals surface area contributed by atoms with Gasteiger partial charge in [-0.15, -0.1) is 6.42 Å². The van der Waals surface area contributed by atoms with Gasteiger partial charge in [0.05, 0.1) is 17.1 Å². The number of terminal acetylenes is 1. The van der Waals surface area contributed by atoms with Crippen LogP contribution >= 0.6 is 0 Å². The van der Waals surface area contributed by atoms with Gasteiger partial charge in [0.25, 0.3) is 0 Å². The highest BCUT2D eigenvalue weighted by atomic mass is 14.8. The van der Waals surface area contributed by atoms with Crippen LogP contribution in [0.15, 0.2) is 30.6 Å². The average molecular weight is 183 g/mol. The van der Waals surface area contributed by atoms with Gasteiger partial charge in [-0.1, -0.05) is 12.0 Å². The Hall–Kier alpha value is -1.92. The number of nitrogens with two attached hydrogens (primary N) is 1. The summed E-state index contributed by atoms with van der Waals surface area (Å²) in [6.07, 6.45) is 8.54. The number of hydrogen-bond donors (Lipinski definition) is 1. The van der Waals surface area contributed by atoms with Gasteiger partial charge in [0.1, 0.15) is 0 Å². The van der Waals surface area contributed by atoms with Gasteiger partial charge < -0.3 is 5.73 Å². The Bertz CT molecular complexity index is 499. The molecule has 0 saturated carbocycles. The summed E-state index contributed by atoms with van der Waals surface area (Å²) in [5, 5.41) is 0. The second kappa shape index (κ2) is 3.44. The molecule has 0 aliphatic carbocycles. The van der Waals surface area contributed by atoms with Crippen LogP contribution in [0, 0.1) is 12.3 Å². The molecule has 3 heteroatoms. The van der Waals surface area contributed by atoms with Gasteiger partial charge in [-0.2, -0.15) is 0 Å². The molecule has 0 bridgehead atoms. The Labute approximate surface area is 82.0 Å². The van der Waals surface area contributed by atoms with Crippen LogP contribution in [0.2, 0.25) is 0 Å². The van der Waals surface area contributed by atoms with Crippen molar-refractivity contribution >= 4 is 11.0 Å². The summed E-state index contributed by atoms with van der Waals surface area (Å²) in [6.45, 7) is 0. The molecule has 1 unspecified atom stereocenters. The van der Waals surface area contributed by atoms with Gasteiger partial charge in [-0.25, -0.2) is 0 Å². The van der Waals surface area contributed by atoms with Crippen LogP contribution in [-0.4, -0.2) is 9.97 Å². The third-order valence-corrected chi connectivity index (χ3v) is 2.03. The molecule has 1 atom stereocenters. The first-order valence-electron chi connectivity index (χ1n) is 4.23. The zero-order valence-corrected chi connectivity index (χ0v) is 7.51. The number of nitrogens with zero attached hydrogens (tertiary/aromatic N) is 2. The van der Waals surface area contributed by atoms with E-state index in [4.69, 9.17) is 12.2 Å². The Morgan fingerprint density at radius 2 is 1.93 bits per heavy atom. The van der Waals surface area contributed by atoms with E-state index in [-0.39, 0.29) is 6.04 Å². The average Bonchev–Trinajstić information content (AvgIpc) is 2.27. The molecule has 2 aromatic rings. The maximum atomic E-state index is 5.70. The van der Waals surface area contributed by atoms with Crippen LogP contribution in [0.1, 0.15) is 11.6 Å². The predicted octanol–water partition coefficient (Wildman–Crippen LogP) is 1.26. The predicted molar refractivity (Wildman–Crippen MR) is 55.3 cm³/mol. The Morgan fingerprint density at radius 1 is 1.21 bits per heavy atom. The van der Waals surface area contributed by atoms with Crippen molar-refractivity contribution in [2.45, 2.75) is 6.04 Å². The zero-order chi connectivity index (χ0) is 9.97. The molecule has 3 nitrogen and oxygen atoms in total. The van der Waals surface area contributed by atoms with Crippen molar-refractivity contribution in [3.63, 3.8) is 0 Å². The molecule has 0 fully saturated rings. The molecule has 1 heterocycles. The molecule has 68 valence electrons. The smallest absolute Gasteiger partial charge is 0.0919 e. The quantitative estimate of drug-likeness (QED) is 0.677. The molecular formula is C11H9N3. The van der Waals surface area contributed by atoms with E-state index < -0.39 is 0 Å². The van der Waals surface area contributed by atoms with E-state index in [1.807, 2.05) is 18.2 Å². The van der Waals surface area contributed by atoms with Gasteiger partial charge in [0.15, 0.2) is 0 Å². The van der Waals surface area contributed by atoms with E-state index in [2.05, 4.69) is 15.9 Å². The zero-order valence-electron chi connectivity index (χ0n) is 7.51. The minimum absolute atomic E-state index is 0.374. The van der Waals surface area contributed by atoms with Crippen LogP contribution in [0.5, 0.6) is 0 Å².